The summed E-state index contributed by atoms with van der Waals surface area (Å²) in [4.78, 5) is 21.2. The number of nitrogens with one attached hydrogen (secondary N) is 2. The number of amides is 2. The number of fused-ring (bicyclic) bond motifs is 1. The van der Waals surface area contributed by atoms with E-state index in [1.807, 2.05) is 0 Å². The zero-order valence-corrected chi connectivity index (χ0v) is 4.97. The van der Waals surface area contributed by atoms with Gasteiger partial charge in [0.15, 0.2) is 0 Å². The molecule has 0 spiro atoms. The maximum atomic E-state index is 10.6. The molecular formula is C6H4N2O2. The van der Waals surface area contributed by atoms with Gasteiger partial charge in [0.05, 0.1) is 11.4 Å². The molecule has 2 rings (SSSR count). The quantitative estimate of drug-likeness (QED) is 0.449. The lowest BCUT2D eigenvalue weighted by atomic mass is 10.4. The van der Waals surface area contributed by atoms with E-state index in [0.29, 0.717) is 11.4 Å². The van der Waals surface area contributed by atoms with Gasteiger partial charge in [0.1, 0.15) is 0 Å². The molecule has 0 aromatic rings. The molecule has 0 bridgehead atoms. The third-order valence-electron chi connectivity index (χ3n) is 1.36. The van der Waals surface area contributed by atoms with Crippen molar-refractivity contribution in [1.82, 2.24) is 10.6 Å². The third kappa shape index (κ3) is 0.556. The van der Waals surface area contributed by atoms with Crippen LogP contribution >= 0.6 is 0 Å². The second kappa shape index (κ2) is 1.47. The molecule has 2 amide bonds. The molecule has 0 unspecified atom stereocenters. The minimum Gasteiger partial charge on any atom is -0.320 e. The van der Waals surface area contributed by atoms with Crippen LogP contribution < -0.4 is 10.6 Å². The van der Waals surface area contributed by atoms with Gasteiger partial charge >= 0.3 is 0 Å². The van der Waals surface area contributed by atoms with E-state index in [4.69, 9.17) is 0 Å². The summed E-state index contributed by atoms with van der Waals surface area (Å²) in [5.74, 6) is -0.359. The van der Waals surface area contributed by atoms with Gasteiger partial charge in [-0.2, -0.15) is 0 Å². The lowest BCUT2D eigenvalue weighted by molar-refractivity contribution is -0.115. The first-order valence-corrected chi connectivity index (χ1v) is 2.81. The van der Waals surface area contributed by atoms with Crippen molar-refractivity contribution in [2.45, 2.75) is 0 Å². The highest BCUT2D eigenvalue weighted by atomic mass is 16.2. The molecule has 10 heavy (non-hydrogen) atoms. The Bertz CT molecular complexity index is 258. The molecule has 4 heteroatoms. The number of hydrogen-bond acceptors (Lipinski definition) is 2. The molecular weight excluding hydrogens is 132 g/mol. The van der Waals surface area contributed by atoms with Gasteiger partial charge in [0.2, 0.25) is 0 Å². The fraction of sp³-hybridized carbons (Fsp3) is 0. The summed E-state index contributed by atoms with van der Waals surface area (Å²) in [5.41, 5.74) is 1.16. The van der Waals surface area contributed by atoms with Crippen LogP contribution in [0.5, 0.6) is 0 Å². The number of rotatable bonds is 0. The minimum absolute atomic E-state index is 0.179. The summed E-state index contributed by atoms with van der Waals surface area (Å²) in [5, 5.41) is 4.98. The summed E-state index contributed by atoms with van der Waals surface area (Å²) < 4.78 is 0. The normalized spacial score (nSPS) is 21.2. The Labute approximate surface area is 56.6 Å². The van der Waals surface area contributed by atoms with E-state index >= 15 is 0 Å². The van der Waals surface area contributed by atoms with Crippen LogP contribution in [0.25, 0.3) is 0 Å². The fourth-order valence-electron chi connectivity index (χ4n) is 0.962. The lowest BCUT2D eigenvalue weighted by Gasteiger charge is -1.91. The topological polar surface area (TPSA) is 58.2 Å². The van der Waals surface area contributed by atoms with Crippen LogP contribution in [0, 0.1) is 0 Å². The zero-order valence-electron chi connectivity index (χ0n) is 4.97. The average Bonchev–Trinajstić information content (AvgIpc) is 2.21. The van der Waals surface area contributed by atoms with Gasteiger partial charge in [-0.1, -0.05) is 0 Å². The van der Waals surface area contributed by atoms with Crippen molar-refractivity contribution in [3.63, 3.8) is 0 Å². The molecule has 0 fully saturated rings. The Hall–Kier alpha value is -1.58. The van der Waals surface area contributed by atoms with E-state index in [2.05, 4.69) is 10.6 Å². The van der Waals surface area contributed by atoms with Crippen LogP contribution in [0.4, 0.5) is 0 Å². The summed E-state index contributed by atoms with van der Waals surface area (Å²) >= 11 is 0. The molecule has 0 aromatic heterocycles. The van der Waals surface area contributed by atoms with Gasteiger partial charge in [-0.25, -0.2) is 0 Å². The smallest absolute Gasteiger partial charge is 0.250 e. The molecule has 4 nitrogen and oxygen atoms in total. The fourth-order valence-corrected chi connectivity index (χ4v) is 0.962. The third-order valence-corrected chi connectivity index (χ3v) is 1.36. The van der Waals surface area contributed by atoms with Crippen LogP contribution in [0.15, 0.2) is 23.5 Å². The average molecular weight is 136 g/mol. The Morgan fingerprint density at radius 1 is 0.900 bits per heavy atom. The van der Waals surface area contributed by atoms with Crippen molar-refractivity contribution in [3.05, 3.63) is 23.5 Å². The van der Waals surface area contributed by atoms with Crippen molar-refractivity contribution >= 4 is 11.8 Å². The van der Waals surface area contributed by atoms with Gasteiger partial charge in [-0.3, -0.25) is 9.59 Å². The van der Waals surface area contributed by atoms with Crippen molar-refractivity contribution in [3.8, 4) is 0 Å². The van der Waals surface area contributed by atoms with E-state index in [-0.39, 0.29) is 11.8 Å². The Morgan fingerprint density at radius 2 is 1.30 bits per heavy atom. The van der Waals surface area contributed by atoms with Crippen LogP contribution in [0.2, 0.25) is 0 Å². The Morgan fingerprint density at radius 3 is 1.70 bits per heavy atom. The Balaban J connectivity index is 2.43. The van der Waals surface area contributed by atoms with Crippen molar-refractivity contribution < 1.29 is 9.59 Å². The predicted molar refractivity (Wildman–Crippen MR) is 32.5 cm³/mol. The molecule has 0 radical (unpaired) electrons. The molecule has 0 aromatic carbocycles. The van der Waals surface area contributed by atoms with Crippen LogP contribution in [0.3, 0.4) is 0 Å². The van der Waals surface area contributed by atoms with E-state index < -0.39 is 0 Å². The van der Waals surface area contributed by atoms with Gasteiger partial charge in [-0.05, 0) is 0 Å². The molecule has 2 aliphatic heterocycles. The summed E-state index contributed by atoms with van der Waals surface area (Å²) in [6.45, 7) is 0. The molecule has 0 aliphatic carbocycles. The molecule has 0 saturated heterocycles. The second-order valence-electron chi connectivity index (χ2n) is 2.09. The second-order valence-corrected chi connectivity index (χ2v) is 2.09. The number of carbonyl (C=O) groups excluding carboxylic acids is 2. The van der Waals surface area contributed by atoms with Crippen molar-refractivity contribution in [2.75, 3.05) is 0 Å². The lowest BCUT2D eigenvalue weighted by Crippen LogP contribution is -2.12. The van der Waals surface area contributed by atoms with Crippen molar-refractivity contribution in [1.29, 1.82) is 0 Å². The van der Waals surface area contributed by atoms with Crippen molar-refractivity contribution in [2.24, 2.45) is 0 Å². The highest BCUT2D eigenvalue weighted by Crippen LogP contribution is 2.14. The summed E-state index contributed by atoms with van der Waals surface area (Å²) in [7, 11) is 0. The standard InChI is InChI=1S/C6H4N2O2/c9-5-1-3-4(8-5)2-6(10)7-3/h1-2H,(H,7,10)(H,8,9). The van der Waals surface area contributed by atoms with Gasteiger partial charge in [0.25, 0.3) is 11.8 Å². The van der Waals surface area contributed by atoms with E-state index in [9.17, 15) is 9.59 Å². The molecule has 2 N–H and O–H groups in total. The minimum atomic E-state index is -0.179. The van der Waals surface area contributed by atoms with E-state index in [1.54, 1.807) is 0 Å². The van der Waals surface area contributed by atoms with Gasteiger partial charge in [-0.15, -0.1) is 0 Å². The van der Waals surface area contributed by atoms with Crippen LogP contribution in [-0.2, 0) is 9.59 Å². The van der Waals surface area contributed by atoms with Crippen LogP contribution in [0.1, 0.15) is 0 Å². The monoisotopic (exact) mass is 136 g/mol. The molecule has 0 saturated carbocycles. The first-order chi connectivity index (χ1) is 4.75. The number of carbonyl (C=O) groups is 2. The summed E-state index contributed by atoms with van der Waals surface area (Å²) in [6, 6.07) is 0. The maximum Gasteiger partial charge on any atom is 0.250 e. The molecule has 50 valence electrons. The summed E-state index contributed by atoms with van der Waals surface area (Å²) in [6.07, 6.45) is 2.72. The van der Waals surface area contributed by atoms with Crippen LogP contribution in [-0.4, -0.2) is 11.8 Å². The van der Waals surface area contributed by atoms with Gasteiger partial charge in [0, 0.05) is 12.2 Å². The van der Waals surface area contributed by atoms with Gasteiger partial charge < -0.3 is 10.6 Å². The maximum absolute atomic E-state index is 10.6. The largest absolute Gasteiger partial charge is 0.320 e. The Kier molecular flexibility index (Phi) is 0.768. The first-order valence-electron chi connectivity index (χ1n) is 2.81. The number of hydrogen-bond donors (Lipinski definition) is 2. The highest BCUT2D eigenvalue weighted by molar-refractivity contribution is 6.03. The van der Waals surface area contributed by atoms with E-state index in [1.165, 1.54) is 12.2 Å². The molecule has 0 atom stereocenters. The molecule has 2 aliphatic rings. The molecule has 2 heterocycles. The first kappa shape index (κ1) is 5.22. The van der Waals surface area contributed by atoms with E-state index in [0.717, 1.165) is 0 Å². The SMILES string of the molecule is O=C1C=C2NC(=O)C=C2N1. The zero-order chi connectivity index (χ0) is 7.14. The predicted octanol–water partition coefficient (Wildman–Crippen LogP) is -0.986. The highest BCUT2D eigenvalue weighted by Gasteiger charge is 2.24.